The molecule has 19 heavy (non-hydrogen) atoms. The van der Waals surface area contributed by atoms with Crippen molar-refractivity contribution < 1.29 is 0 Å². The van der Waals surface area contributed by atoms with Gasteiger partial charge in [-0.3, -0.25) is 4.90 Å². The van der Waals surface area contributed by atoms with Crippen molar-refractivity contribution in [3.05, 3.63) is 71.8 Å². The average Bonchev–Trinajstić information content (AvgIpc) is 2.49. The number of thiol groups is 1. The summed E-state index contributed by atoms with van der Waals surface area (Å²) >= 11 is 4.53. The lowest BCUT2D eigenvalue weighted by Crippen LogP contribution is -2.28. The first-order chi connectivity index (χ1) is 9.24. The Morgan fingerprint density at radius 2 is 1.37 bits per heavy atom. The summed E-state index contributed by atoms with van der Waals surface area (Å²) in [5, 5.41) is 0. The first-order valence-electron chi connectivity index (χ1n) is 6.66. The molecule has 0 saturated heterocycles. The Hall–Kier alpha value is -1.25. The Morgan fingerprint density at radius 3 is 1.84 bits per heavy atom. The van der Waals surface area contributed by atoms with E-state index in [1.807, 2.05) is 0 Å². The van der Waals surface area contributed by atoms with Gasteiger partial charge in [0.1, 0.15) is 0 Å². The summed E-state index contributed by atoms with van der Waals surface area (Å²) in [6.07, 6.45) is 0. The molecule has 0 bridgehead atoms. The van der Waals surface area contributed by atoms with Crippen LogP contribution in [0.1, 0.15) is 30.1 Å². The third-order valence-electron chi connectivity index (χ3n) is 3.74. The number of rotatable bonds is 5. The maximum Gasteiger partial charge on any atom is 0.0439 e. The van der Waals surface area contributed by atoms with Gasteiger partial charge in [-0.2, -0.15) is 12.6 Å². The maximum absolute atomic E-state index is 4.53. The van der Waals surface area contributed by atoms with Gasteiger partial charge in [0, 0.05) is 17.8 Å². The second-order valence-corrected chi connectivity index (χ2v) is 5.23. The van der Waals surface area contributed by atoms with Gasteiger partial charge in [-0.05, 0) is 25.1 Å². The van der Waals surface area contributed by atoms with Gasteiger partial charge in [0.05, 0.1) is 0 Å². The number of nitrogens with zero attached hydrogens (tertiary/aromatic N) is 1. The lowest BCUT2D eigenvalue weighted by Gasteiger charge is -2.33. The zero-order valence-corrected chi connectivity index (χ0v) is 12.4. The van der Waals surface area contributed by atoms with Crippen LogP contribution >= 0.6 is 12.6 Å². The topological polar surface area (TPSA) is 3.24 Å². The van der Waals surface area contributed by atoms with Crippen LogP contribution in [0.15, 0.2) is 60.7 Å². The van der Waals surface area contributed by atoms with Gasteiger partial charge in [-0.25, -0.2) is 0 Å². The molecule has 0 aromatic heterocycles. The van der Waals surface area contributed by atoms with Crippen molar-refractivity contribution in [2.45, 2.75) is 19.0 Å². The molecular weight excluding hydrogens is 250 g/mol. The van der Waals surface area contributed by atoms with E-state index in [4.69, 9.17) is 0 Å². The Balaban J connectivity index is 2.20. The molecule has 2 atom stereocenters. The summed E-state index contributed by atoms with van der Waals surface area (Å²) in [5.74, 6) is 0.817. The summed E-state index contributed by atoms with van der Waals surface area (Å²) in [6, 6.07) is 21.9. The first-order valence-corrected chi connectivity index (χ1v) is 7.30. The second-order valence-electron chi connectivity index (χ2n) is 4.86. The Kier molecular flexibility index (Phi) is 5.06. The fourth-order valence-electron chi connectivity index (χ4n) is 2.38. The Bertz CT molecular complexity index is 483. The van der Waals surface area contributed by atoms with E-state index in [2.05, 4.69) is 92.2 Å². The van der Waals surface area contributed by atoms with E-state index in [-0.39, 0.29) is 0 Å². The van der Waals surface area contributed by atoms with E-state index in [1.54, 1.807) is 0 Å². The molecule has 0 fully saturated rings. The maximum atomic E-state index is 4.53. The molecule has 2 heteroatoms. The van der Waals surface area contributed by atoms with Gasteiger partial charge in [-0.1, -0.05) is 60.7 Å². The molecule has 0 spiro atoms. The lowest BCUT2D eigenvalue weighted by molar-refractivity contribution is 0.202. The van der Waals surface area contributed by atoms with Crippen molar-refractivity contribution >= 4 is 12.6 Å². The van der Waals surface area contributed by atoms with E-state index in [9.17, 15) is 0 Å². The summed E-state index contributed by atoms with van der Waals surface area (Å²) in [5.41, 5.74) is 2.66. The first kappa shape index (κ1) is 14.2. The minimum Gasteiger partial charge on any atom is -0.292 e. The van der Waals surface area contributed by atoms with Crippen molar-refractivity contribution in [1.82, 2.24) is 4.90 Å². The standard InChI is InChI=1S/C17H21NS/c1-14(15-9-5-3-6-10-15)18(2)17(13-19)16-11-7-4-8-12-16/h3-12,14,17,19H,13H2,1-2H3. The summed E-state index contributed by atoms with van der Waals surface area (Å²) in [4.78, 5) is 2.39. The van der Waals surface area contributed by atoms with Crippen LogP contribution in [0, 0.1) is 0 Å². The smallest absolute Gasteiger partial charge is 0.0439 e. The van der Waals surface area contributed by atoms with Crippen molar-refractivity contribution in [3.8, 4) is 0 Å². The van der Waals surface area contributed by atoms with Crippen LogP contribution in [0.3, 0.4) is 0 Å². The van der Waals surface area contributed by atoms with Gasteiger partial charge in [-0.15, -0.1) is 0 Å². The van der Waals surface area contributed by atoms with Crippen molar-refractivity contribution in [3.63, 3.8) is 0 Å². The van der Waals surface area contributed by atoms with Gasteiger partial charge in [0.25, 0.3) is 0 Å². The predicted octanol–water partition coefficient (Wildman–Crippen LogP) is 4.35. The predicted molar refractivity (Wildman–Crippen MR) is 85.7 cm³/mol. The second kappa shape index (κ2) is 6.78. The molecule has 0 aliphatic carbocycles. The fraction of sp³-hybridized carbons (Fsp3) is 0.294. The largest absolute Gasteiger partial charge is 0.292 e. The third kappa shape index (κ3) is 3.40. The van der Waals surface area contributed by atoms with E-state index in [0.29, 0.717) is 12.1 Å². The SMILES string of the molecule is CC(c1ccccc1)N(C)C(CS)c1ccccc1. The van der Waals surface area contributed by atoms with Crippen molar-refractivity contribution in [1.29, 1.82) is 0 Å². The highest BCUT2D eigenvalue weighted by molar-refractivity contribution is 7.80. The molecule has 2 rings (SSSR count). The Labute approximate surface area is 121 Å². The Morgan fingerprint density at radius 1 is 0.895 bits per heavy atom. The quantitative estimate of drug-likeness (QED) is 0.791. The molecular formula is C17H21NS. The lowest BCUT2D eigenvalue weighted by atomic mass is 10.0. The normalized spacial score (nSPS) is 14.3. The van der Waals surface area contributed by atoms with Crippen LogP contribution < -0.4 is 0 Å². The number of hydrogen-bond donors (Lipinski definition) is 1. The molecule has 2 aromatic rings. The molecule has 0 amide bonds. The molecule has 0 aliphatic heterocycles. The molecule has 0 aliphatic rings. The molecule has 1 nitrogen and oxygen atoms in total. The molecule has 100 valence electrons. The van der Waals surface area contributed by atoms with Crippen LogP contribution in [-0.2, 0) is 0 Å². The van der Waals surface area contributed by atoms with E-state index in [1.165, 1.54) is 11.1 Å². The zero-order valence-electron chi connectivity index (χ0n) is 11.5. The molecule has 2 aromatic carbocycles. The summed E-state index contributed by atoms with van der Waals surface area (Å²) in [6.45, 7) is 2.24. The third-order valence-corrected chi connectivity index (χ3v) is 4.09. The van der Waals surface area contributed by atoms with Crippen molar-refractivity contribution in [2.24, 2.45) is 0 Å². The zero-order chi connectivity index (χ0) is 13.7. The molecule has 2 unspecified atom stereocenters. The fourth-order valence-corrected chi connectivity index (χ4v) is 2.85. The monoisotopic (exact) mass is 271 g/mol. The van der Waals surface area contributed by atoms with Crippen LogP contribution in [0.25, 0.3) is 0 Å². The van der Waals surface area contributed by atoms with E-state index < -0.39 is 0 Å². The molecule has 0 N–H and O–H groups in total. The van der Waals surface area contributed by atoms with Crippen LogP contribution in [0.2, 0.25) is 0 Å². The molecule has 0 saturated carbocycles. The molecule has 0 radical (unpaired) electrons. The van der Waals surface area contributed by atoms with Gasteiger partial charge < -0.3 is 0 Å². The highest BCUT2D eigenvalue weighted by atomic mass is 32.1. The van der Waals surface area contributed by atoms with E-state index >= 15 is 0 Å². The van der Waals surface area contributed by atoms with Gasteiger partial charge >= 0.3 is 0 Å². The summed E-state index contributed by atoms with van der Waals surface area (Å²) in [7, 11) is 2.17. The van der Waals surface area contributed by atoms with Crippen LogP contribution in [-0.4, -0.2) is 17.7 Å². The minimum atomic E-state index is 0.333. The van der Waals surface area contributed by atoms with Crippen LogP contribution in [0.4, 0.5) is 0 Å². The van der Waals surface area contributed by atoms with Gasteiger partial charge in [0.2, 0.25) is 0 Å². The van der Waals surface area contributed by atoms with Crippen molar-refractivity contribution in [2.75, 3.05) is 12.8 Å². The summed E-state index contributed by atoms with van der Waals surface area (Å²) < 4.78 is 0. The minimum absolute atomic E-state index is 0.333. The van der Waals surface area contributed by atoms with Crippen LogP contribution in [0.5, 0.6) is 0 Å². The van der Waals surface area contributed by atoms with E-state index in [0.717, 1.165) is 5.75 Å². The highest BCUT2D eigenvalue weighted by Gasteiger charge is 2.20. The van der Waals surface area contributed by atoms with Gasteiger partial charge in [0.15, 0.2) is 0 Å². The average molecular weight is 271 g/mol. The highest BCUT2D eigenvalue weighted by Crippen LogP contribution is 2.29. The number of benzene rings is 2. The number of hydrogen-bond acceptors (Lipinski definition) is 2. The molecule has 0 heterocycles.